The number of H-pyrrole nitrogens is 1. The molecule has 1 heterocycles. The summed E-state index contributed by atoms with van der Waals surface area (Å²) in [6.45, 7) is 0. The molecular formula is C17H16ClN6+. The van der Waals surface area contributed by atoms with Crippen molar-refractivity contribution in [1.82, 2.24) is 5.10 Å². The summed E-state index contributed by atoms with van der Waals surface area (Å²) in [6.07, 6.45) is 3.50. The van der Waals surface area contributed by atoms with Gasteiger partial charge in [0.2, 0.25) is 17.8 Å². The minimum Gasteiger partial charge on any atom is -0.369 e. The van der Waals surface area contributed by atoms with E-state index in [2.05, 4.69) is 15.3 Å². The first-order valence-corrected chi connectivity index (χ1v) is 7.59. The van der Waals surface area contributed by atoms with E-state index in [9.17, 15) is 0 Å². The van der Waals surface area contributed by atoms with Gasteiger partial charge in [0, 0.05) is 22.7 Å². The van der Waals surface area contributed by atoms with E-state index < -0.39 is 0 Å². The van der Waals surface area contributed by atoms with Crippen LogP contribution in [0.4, 0.5) is 0 Å². The quantitative estimate of drug-likeness (QED) is 0.294. The first-order valence-electron chi connectivity index (χ1n) is 7.21. The number of guanidine groups is 1. The number of halogens is 1. The molecule has 6 nitrogen and oxygen atoms in total. The second-order valence-corrected chi connectivity index (χ2v) is 5.49. The van der Waals surface area contributed by atoms with Gasteiger partial charge in [-0.1, -0.05) is 46.6 Å². The number of hydrogen-bond acceptors (Lipinski definition) is 2. The van der Waals surface area contributed by atoms with Gasteiger partial charge >= 0.3 is 0 Å². The fourth-order valence-corrected chi connectivity index (χ4v) is 2.47. The summed E-state index contributed by atoms with van der Waals surface area (Å²) >= 11 is 6.11. The van der Waals surface area contributed by atoms with Crippen LogP contribution in [0.5, 0.6) is 0 Å². The van der Waals surface area contributed by atoms with Crippen molar-refractivity contribution in [3.63, 3.8) is 0 Å². The molecule has 24 heavy (non-hydrogen) atoms. The Labute approximate surface area is 144 Å². The van der Waals surface area contributed by atoms with Gasteiger partial charge in [0.15, 0.2) is 0 Å². The molecule has 1 aromatic heterocycles. The zero-order valence-corrected chi connectivity index (χ0v) is 13.5. The van der Waals surface area contributed by atoms with Crippen molar-refractivity contribution in [1.29, 1.82) is 0 Å². The molecule has 0 atom stereocenters. The topological polar surface area (TPSA) is 96.4 Å². The molecule has 0 amide bonds. The van der Waals surface area contributed by atoms with E-state index >= 15 is 0 Å². The molecule has 0 bridgehead atoms. The molecule has 120 valence electrons. The second kappa shape index (κ2) is 6.97. The maximum Gasteiger partial charge on any atom is 0.235 e. The predicted molar refractivity (Wildman–Crippen MR) is 96.2 cm³/mol. The highest BCUT2D eigenvalue weighted by atomic mass is 35.5. The Morgan fingerprint density at radius 2 is 1.88 bits per heavy atom. The summed E-state index contributed by atoms with van der Waals surface area (Å²) < 4.78 is 1.90. The largest absolute Gasteiger partial charge is 0.369 e. The van der Waals surface area contributed by atoms with Crippen molar-refractivity contribution in [3.8, 4) is 16.9 Å². The van der Waals surface area contributed by atoms with Crippen LogP contribution in [0.2, 0.25) is 5.02 Å². The number of hydrogen-bond donors (Lipinski definition) is 3. The van der Waals surface area contributed by atoms with E-state index in [1.807, 2.05) is 65.5 Å². The highest BCUT2D eigenvalue weighted by molar-refractivity contribution is 6.30. The maximum absolute atomic E-state index is 6.11. The fourth-order valence-electron chi connectivity index (χ4n) is 2.28. The summed E-state index contributed by atoms with van der Waals surface area (Å²) in [5.41, 5.74) is 14.2. The Balaban J connectivity index is 2.09. The van der Waals surface area contributed by atoms with Crippen LogP contribution in [-0.2, 0) is 0 Å². The number of aromatic nitrogens is 2. The van der Waals surface area contributed by atoms with E-state index in [1.165, 1.54) is 0 Å². The maximum atomic E-state index is 6.11. The first-order chi connectivity index (χ1) is 11.6. The third-order valence-electron chi connectivity index (χ3n) is 3.31. The summed E-state index contributed by atoms with van der Waals surface area (Å²) in [5, 5.41) is 11.5. The zero-order valence-electron chi connectivity index (χ0n) is 12.7. The van der Waals surface area contributed by atoms with Crippen molar-refractivity contribution in [2.75, 3.05) is 0 Å². The summed E-state index contributed by atoms with van der Waals surface area (Å²) in [4.78, 5) is 0. The molecule has 0 aliphatic rings. The Kier molecular flexibility index (Phi) is 4.58. The van der Waals surface area contributed by atoms with Crippen LogP contribution in [0.15, 0.2) is 71.0 Å². The van der Waals surface area contributed by atoms with Crippen LogP contribution in [0.1, 0.15) is 5.56 Å². The van der Waals surface area contributed by atoms with Crippen LogP contribution < -0.4 is 16.1 Å². The average molecular weight is 340 g/mol. The van der Waals surface area contributed by atoms with Crippen molar-refractivity contribution in [2.45, 2.75) is 0 Å². The van der Waals surface area contributed by atoms with Crippen LogP contribution in [0.25, 0.3) is 16.9 Å². The number of nitrogens with one attached hydrogen (secondary N) is 1. The average Bonchev–Trinajstić information content (AvgIpc) is 2.99. The van der Waals surface area contributed by atoms with Crippen LogP contribution in [0.3, 0.4) is 0 Å². The first kappa shape index (κ1) is 15.8. The van der Waals surface area contributed by atoms with Gasteiger partial charge in [-0.05, 0) is 12.1 Å². The number of benzene rings is 2. The second-order valence-electron chi connectivity index (χ2n) is 5.06. The minimum absolute atomic E-state index is 0.0953. The molecule has 3 rings (SSSR count). The van der Waals surface area contributed by atoms with E-state index in [-0.39, 0.29) is 5.96 Å². The highest BCUT2D eigenvalue weighted by Crippen LogP contribution is 2.23. The normalized spacial score (nSPS) is 10.9. The third-order valence-corrected chi connectivity index (χ3v) is 3.54. The van der Waals surface area contributed by atoms with E-state index in [4.69, 9.17) is 23.1 Å². The molecule has 0 radical (unpaired) electrons. The smallest absolute Gasteiger partial charge is 0.235 e. The summed E-state index contributed by atoms with van der Waals surface area (Å²) in [5.74, 6) is -0.0953. The molecule has 0 aliphatic carbocycles. The molecule has 0 saturated carbocycles. The lowest BCUT2D eigenvalue weighted by atomic mass is 10.1. The number of aromatic amines is 1. The van der Waals surface area contributed by atoms with Crippen molar-refractivity contribution in [3.05, 3.63) is 71.4 Å². The number of para-hydroxylation sites is 1. The SMILES string of the molecule is NC(N)=N/N=C/c1c[n+](-c2ccccc2)[nH]c1-c1cccc(Cl)c1. The molecule has 0 unspecified atom stereocenters. The van der Waals surface area contributed by atoms with Gasteiger partial charge in [-0.15, -0.1) is 5.10 Å². The monoisotopic (exact) mass is 339 g/mol. The predicted octanol–water partition coefficient (Wildman–Crippen LogP) is 2.22. The van der Waals surface area contributed by atoms with Crippen molar-refractivity contribution in [2.24, 2.45) is 21.7 Å². The van der Waals surface area contributed by atoms with Gasteiger partial charge in [-0.25, -0.2) is 0 Å². The van der Waals surface area contributed by atoms with Gasteiger partial charge in [0.05, 0.1) is 11.8 Å². The van der Waals surface area contributed by atoms with E-state index in [0.29, 0.717) is 5.02 Å². The minimum atomic E-state index is -0.0953. The molecule has 0 aliphatic heterocycles. The van der Waals surface area contributed by atoms with Crippen molar-refractivity contribution < 1.29 is 4.68 Å². The highest BCUT2D eigenvalue weighted by Gasteiger charge is 2.17. The molecule has 0 saturated heterocycles. The Bertz CT molecular complexity index is 894. The molecule has 0 spiro atoms. The fraction of sp³-hybridized carbons (Fsp3) is 0. The van der Waals surface area contributed by atoms with E-state index in [0.717, 1.165) is 22.5 Å². The molecular weight excluding hydrogens is 324 g/mol. The lowest BCUT2D eigenvalue weighted by Gasteiger charge is -1.98. The Morgan fingerprint density at radius 3 is 2.58 bits per heavy atom. The van der Waals surface area contributed by atoms with Crippen LogP contribution >= 0.6 is 11.6 Å². The lowest BCUT2D eigenvalue weighted by molar-refractivity contribution is -0.654. The third kappa shape index (κ3) is 3.61. The number of nitrogens with zero attached hydrogens (tertiary/aromatic N) is 3. The van der Waals surface area contributed by atoms with Gasteiger partial charge in [0.1, 0.15) is 5.69 Å². The molecule has 7 heteroatoms. The van der Waals surface area contributed by atoms with Gasteiger partial charge in [0.25, 0.3) is 0 Å². The standard InChI is InChI=1S/C17H15ClN6/c18-14-6-4-5-12(9-14)16-13(10-21-22-17(19)20)11-24(23-16)15-7-2-1-3-8-15/h1-11H,(H4,19,20,22)/p+1/b21-10+. The zero-order chi connectivity index (χ0) is 16.9. The Hall–Kier alpha value is -3.12. The van der Waals surface area contributed by atoms with Crippen LogP contribution in [-0.4, -0.2) is 17.3 Å². The molecule has 0 fully saturated rings. The Morgan fingerprint density at radius 1 is 1.08 bits per heavy atom. The lowest BCUT2D eigenvalue weighted by Crippen LogP contribution is -2.31. The molecule has 5 N–H and O–H groups in total. The van der Waals surface area contributed by atoms with Gasteiger partial charge in [-0.2, -0.15) is 10.2 Å². The summed E-state index contributed by atoms with van der Waals surface area (Å²) in [7, 11) is 0. The number of rotatable bonds is 4. The molecule has 2 aromatic carbocycles. The van der Waals surface area contributed by atoms with Gasteiger partial charge in [-0.3, -0.25) is 0 Å². The molecule has 3 aromatic rings. The van der Waals surface area contributed by atoms with Crippen LogP contribution in [0, 0.1) is 0 Å². The number of nitrogens with two attached hydrogens (primary N) is 2. The van der Waals surface area contributed by atoms with Crippen molar-refractivity contribution >= 4 is 23.8 Å². The summed E-state index contributed by atoms with van der Waals surface area (Å²) in [6, 6.07) is 17.4. The van der Waals surface area contributed by atoms with Gasteiger partial charge < -0.3 is 11.5 Å². The van der Waals surface area contributed by atoms with E-state index in [1.54, 1.807) is 6.21 Å².